The summed E-state index contributed by atoms with van der Waals surface area (Å²) in [6.45, 7) is 0. The van der Waals surface area contributed by atoms with Crippen molar-refractivity contribution in [3.05, 3.63) is 23.8 Å². The molecule has 2 nitrogen and oxygen atoms in total. The minimum atomic E-state index is -0.216. The third-order valence-electron chi connectivity index (χ3n) is 3.50. The van der Waals surface area contributed by atoms with Crippen LogP contribution in [0.15, 0.2) is 23.1 Å². The fraction of sp³-hybridized carbons (Fsp3) is 0.538. The van der Waals surface area contributed by atoms with E-state index in [0.29, 0.717) is 5.75 Å². The Hall–Kier alpha value is -0.670. The Labute approximate surface area is 101 Å². The van der Waals surface area contributed by atoms with E-state index in [9.17, 15) is 5.11 Å². The SMILES string of the molecule is CSc1ccc(C2(N)CCCCC2)cc1O. The first-order valence-corrected chi connectivity index (χ1v) is 7.04. The first kappa shape index (κ1) is 11.8. The van der Waals surface area contributed by atoms with Gasteiger partial charge in [-0.1, -0.05) is 25.3 Å². The summed E-state index contributed by atoms with van der Waals surface area (Å²) in [6, 6.07) is 5.88. The van der Waals surface area contributed by atoms with Crippen molar-refractivity contribution in [3.8, 4) is 5.75 Å². The molecule has 0 aromatic heterocycles. The Morgan fingerprint density at radius 3 is 2.50 bits per heavy atom. The van der Waals surface area contributed by atoms with Crippen molar-refractivity contribution >= 4 is 11.8 Å². The summed E-state index contributed by atoms with van der Waals surface area (Å²) in [7, 11) is 0. The highest BCUT2D eigenvalue weighted by molar-refractivity contribution is 7.98. The van der Waals surface area contributed by atoms with E-state index in [1.165, 1.54) is 19.3 Å². The molecule has 1 fully saturated rings. The van der Waals surface area contributed by atoms with Crippen LogP contribution in [0.1, 0.15) is 37.7 Å². The lowest BCUT2D eigenvalue weighted by Crippen LogP contribution is -2.38. The molecule has 0 heterocycles. The average molecular weight is 237 g/mol. The zero-order valence-corrected chi connectivity index (χ0v) is 10.5. The summed E-state index contributed by atoms with van der Waals surface area (Å²) in [5, 5.41) is 9.86. The van der Waals surface area contributed by atoms with Crippen molar-refractivity contribution in [3.63, 3.8) is 0 Å². The Morgan fingerprint density at radius 2 is 1.94 bits per heavy atom. The first-order chi connectivity index (χ1) is 7.65. The number of hydrogen-bond acceptors (Lipinski definition) is 3. The molecule has 0 saturated heterocycles. The van der Waals surface area contributed by atoms with Crippen molar-refractivity contribution in [2.24, 2.45) is 5.73 Å². The van der Waals surface area contributed by atoms with Gasteiger partial charge < -0.3 is 10.8 Å². The van der Waals surface area contributed by atoms with Gasteiger partial charge in [-0.3, -0.25) is 0 Å². The number of nitrogens with two attached hydrogens (primary N) is 1. The van der Waals surface area contributed by atoms with E-state index in [1.807, 2.05) is 18.4 Å². The molecule has 0 aliphatic heterocycles. The van der Waals surface area contributed by atoms with E-state index in [-0.39, 0.29) is 5.54 Å². The van der Waals surface area contributed by atoms with Crippen LogP contribution >= 0.6 is 11.8 Å². The van der Waals surface area contributed by atoms with Crippen LogP contribution in [0.4, 0.5) is 0 Å². The monoisotopic (exact) mass is 237 g/mol. The number of benzene rings is 1. The molecule has 88 valence electrons. The molecule has 0 unspecified atom stereocenters. The van der Waals surface area contributed by atoms with Crippen LogP contribution in [0.2, 0.25) is 0 Å². The number of rotatable bonds is 2. The fourth-order valence-corrected chi connectivity index (χ4v) is 2.94. The molecule has 0 amide bonds. The van der Waals surface area contributed by atoms with Gasteiger partial charge in [0.2, 0.25) is 0 Å². The van der Waals surface area contributed by atoms with Crippen molar-refractivity contribution in [2.75, 3.05) is 6.26 Å². The van der Waals surface area contributed by atoms with Crippen LogP contribution in [-0.2, 0) is 5.54 Å². The van der Waals surface area contributed by atoms with Crippen LogP contribution < -0.4 is 5.73 Å². The minimum Gasteiger partial charge on any atom is -0.507 e. The third-order valence-corrected chi connectivity index (χ3v) is 4.28. The Bertz CT molecular complexity index is 372. The summed E-state index contributed by atoms with van der Waals surface area (Å²) in [4.78, 5) is 0.920. The number of phenolic OH excluding ortho intramolecular Hbond substituents is 1. The number of thioether (sulfide) groups is 1. The van der Waals surface area contributed by atoms with Gasteiger partial charge in [0.15, 0.2) is 0 Å². The molecule has 2 rings (SSSR count). The van der Waals surface area contributed by atoms with E-state index in [1.54, 1.807) is 11.8 Å². The zero-order chi connectivity index (χ0) is 11.6. The second kappa shape index (κ2) is 4.68. The molecular weight excluding hydrogens is 218 g/mol. The number of phenols is 1. The van der Waals surface area contributed by atoms with E-state index in [0.717, 1.165) is 23.3 Å². The maximum absolute atomic E-state index is 9.86. The number of hydrogen-bond donors (Lipinski definition) is 2. The summed E-state index contributed by atoms with van der Waals surface area (Å²) in [5.74, 6) is 0.361. The molecule has 1 aliphatic carbocycles. The van der Waals surface area contributed by atoms with Crippen LogP contribution in [0, 0.1) is 0 Å². The topological polar surface area (TPSA) is 46.2 Å². The van der Waals surface area contributed by atoms with Crippen molar-refractivity contribution in [1.82, 2.24) is 0 Å². The van der Waals surface area contributed by atoms with Crippen LogP contribution in [0.25, 0.3) is 0 Å². The molecule has 0 atom stereocenters. The molecule has 1 aromatic carbocycles. The largest absolute Gasteiger partial charge is 0.507 e. The highest BCUT2D eigenvalue weighted by Crippen LogP contribution is 2.38. The fourth-order valence-electron chi connectivity index (χ4n) is 2.47. The lowest BCUT2D eigenvalue weighted by molar-refractivity contribution is 0.301. The standard InChI is InChI=1S/C13H19NOS/c1-16-12-6-5-10(9-11(12)15)13(14)7-3-2-4-8-13/h5-6,9,15H,2-4,7-8,14H2,1H3. The molecule has 0 spiro atoms. The second-order valence-electron chi connectivity index (χ2n) is 4.60. The van der Waals surface area contributed by atoms with E-state index < -0.39 is 0 Å². The highest BCUT2D eigenvalue weighted by atomic mass is 32.2. The summed E-state index contributed by atoms with van der Waals surface area (Å²) >= 11 is 1.56. The lowest BCUT2D eigenvalue weighted by atomic mass is 9.77. The molecular formula is C13H19NOS. The second-order valence-corrected chi connectivity index (χ2v) is 5.45. The maximum Gasteiger partial charge on any atom is 0.129 e. The quantitative estimate of drug-likeness (QED) is 0.776. The Balaban J connectivity index is 2.29. The Kier molecular flexibility index (Phi) is 3.45. The molecule has 0 bridgehead atoms. The molecule has 1 aromatic rings. The first-order valence-electron chi connectivity index (χ1n) is 5.82. The summed E-state index contributed by atoms with van der Waals surface area (Å²) in [6.07, 6.45) is 7.71. The molecule has 1 saturated carbocycles. The molecule has 1 aliphatic rings. The predicted molar refractivity (Wildman–Crippen MR) is 68.8 cm³/mol. The molecule has 3 N–H and O–H groups in total. The number of aromatic hydroxyl groups is 1. The molecule has 16 heavy (non-hydrogen) atoms. The van der Waals surface area contributed by atoms with Gasteiger partial charge in [0.25, 0.3) is 0 Å². The van der Waals surface area contributed by atoms with Gasteiger partial charge >= 0.3 is 0 Å². The zero-order valence-electron chi connectivity index (χ0n) is 9.70. The highest BCUT2D eigenvalue weighted by Gasteiger charge is 2.29. The Morgan fingerprint density at radius 1 is 1.25 bits per heavy atom. The third kappa shape index (κ3) is 2.20. The summed E-state index contributed by atoms with van der Waals surface area (Å²) < 4.78 is 0. The maximum atomic E-state index is 9.86. The van der Waals surface area contributed by atoms with Gasteiger partial charge in [0.05, 0.1) is 0 Å². The van der Waals surface area contributed by atoms with Crippen LogP contribution in [0.5, 0.6) is 5.75 Å². The van der Waals surface area contributed by atoms with Gasteiger partial charge in [-0.05, 0) is 36.8 Å². The van der Waals surface area contributed by atoms with Crippen molar-refractivity contribution in [2.45, 2.75) is 42.5 Å². The average Bonchev–Trinajstić information content (AvgIpc) is 2.30. The minimum absolute atomic E-state index is 0.216. The smallest absolute Gasteiger partial charge is 0.129 e. The van der Waals surface area contributed by atoms with E-state index in [2.05, 4.69) is 6.07 Å². The van der Waals surface area contributed by atoms with Gasteiger partial charge in [0, 0.05) is 10.4 Å². The van der Waals surface area contributed by atoms with Gasteiger partial charge in [-0.25, -0.2) is 0 Å². The van der Waals surface area contributed by atoms with E-state index in [4.69, 9.17) is 5.73 Å². The van der Waals surface area contributed by atoms with E-state index >= 15 is 0 Å². The lowest BCUT2D eigenvalue weighted by Gasteiger charge is -2.34. The van der Waals surface area contributed by atoms with Crippen LogP contribution in [-0.4, -0.2) is 11.4 Å². The summed E-state index contributed by atoms with van der Waals surface area (Å²) in [5.41, 5.74) is 7.29. The van der Waals surface area contributed by atoms with Crippen LogP contribution in [0.3, 0.4) is 0 Å². The molecule has 3 heteroatoms. The van der Waals surface area contributed by atoms with Gasteiger partial charge in [0.1, 0.15) is 5.75 Å². The van der Waals surface area contributed by atoms with Crippen molar-refractivity contribution in [1.29, 1.82) is 0 Å². The normalized spacial score (nSPS) is 19.6. The predicted octanol–water partition coefficient (Wildman–Crippen LogP) is 3.23. The van der Waals surface area contributed by atoms with Gasteiger partial charge in [-0.2, -0.15) is 0 Å². The molecule has 0 radical (unpaired) electrons. The van der Waals surface area contributed by atoms with Gasteiger partial charge in [-0.15, -0.1) is 11.8 Å². The van der Waals surface area contributed by atoms with Crippen molar-refractivity contribution < 1.29 is 5.11 Å².